The molecule has 1 N–H and O–H groups in total. The van der Waals surface area contributed by atoms with Crippen LogP contribution >= 0.6 is 0 Å². The molecule has 0 atom stereocenters. The zero-order chi connectivity index (χ0) is 19.7. The molecule has 2 aromatic carbocycles. The Kier molecular flexibility index (Phi) is 5.01. The third-order valence-corrected chi connectivity index (χ3v) is 7.03. The summed E-state index contributed by atoms with van der Waals surface area (Å²) in [6.07, 6.45) is 0.202. The summed E-state index contributed by atoms with van der Waals surface area (Å²) in [6, 6.07) is 13.9. The minimum Gasteiger partial charge on any atom is -0.326 e. The number of benzene rings is 2. The molecular weight excluding hydrogens is 378 g/mol. The van der Waals surface area contributed by atoms with Crippen molar-refractivity contribution in [2.75, 3.05) is 38.0 Å². The Morgan fingerprint density at radius 1 is 1.00 bits per heavy atom. The standard InChI is InChI=1S/C20H21N3O4S/c24-19(15-4-2-1-3-5-15)14-22-8-10-23(11-9-22)28(26,27)17-6-7-18-16(12-17)13-20(25)21-18/h1-7,12H,8-11,13-14H2,(H,21,25). The van der Waals surface area contributed by atoms with Crippen molar-refractivity contribution in [3.63, 3.8) is 0 Å². The number of ketones is 1. The highest BCUT2D eigenvalue weighted by molar-refractivity contribution is 7.89. The molecule has 0 saturated carbocycles. The van der Waals surface area contributed by atoms with Crippen LogP contribution in [0.15, 0.2) is 53.4 Å². The molecule has 4 rings (SSSR count). The highest BCUT2D eigenvalue weighted by Gasteiger charge is 2.30. The highest BCUT2D eigenvalue weighted by Crippen LogP contribution is 2.27. The molecule has 0 unspecified atom stereocenters. The van der Waals surface area contributed by atoms with Gasteiger partial charge in [-0.25, -0.2) is 8.42 Å². The van der Waals surface area contributed by atoms with Crippen LogP contribution in [-0.4, -0.2) is 62.0 Å². The average Bonchev–Trinajstić information content (AvgIpc) is 3.08. The lowest BCUT2D eigenvalue weighted by atomic mass is 10.1. The van der Waals surface area contributed by atoms with Crippen molar-refractivity contribution in [2.45, 2.75) is 11.3 Å². The van der Waals surface area contributed by atoms with Crippen LogP contribution in [0.3, 0.4) is 0 Å². The number of nitrogens with zero attached hydrogens (tertiary/aromatic N) is 2. The van der Waals surface area contributed by atoms with E-state index in [1.54, 1.807) is 24.3 Å². The van der Waals surface area contributed by atoms with Gasteiger partial charge in [0.15, 0.2) is 5.78 Å². The Balaban J connectivity index is 1.40. The topological polar surface area (TPSA) is 86.8 Å². The lowest BCUT2D eigenvalue weighted by molar-refractivity contribution is -0.115. The smallest absolute Gasteiger partial charge is 0.243 e. The molecule has 1 saturated heterocycles. The summed E-state index contributed by atoms with van der Waals surface area (Å²) in [5, 5.41) is 2.71. The third kappa shape index (κ3) is 3.71. The summed E-state index contributed by atoms with van der Waals surface area (Å²) in [4.78, 5) is 26.0. The quantitative estimate of drug-likeness (QED) is 0.768. The molecule has 0 bridgehead atoms. The second kappa shape index (κ2) is 7.46. The minimum absolute atomic E-state index is 0.0349. The van der Waals surface area contributed by atoms with E-state index in [9.17, 15) is 18.0 Å². The Morgan fingerprint density at radius 3 is 2.43 bits per heavy atom. The number of hydrogen-bond acceptors (Lipinski definition) is 5. The number of piperazine rings is 1. The van der Waals surface area contributed by atoms with E-state index in [4.69, 9.17) is 0 Å². The molecule has 8 heteroatoms. The molecule has 0 aromatic heterocycles. The number of fused-ring (bicyclic) bond motifs is 1. The van der Waals surface area contributed by atoms with Crippen molar-refractivity contribution in [3.05, 3.63) is 59.7 Å². The van der Waals surface area contributed by atoms with E-state index in [-0.39, 0.29) is 29.6 Å². The molecule has 2 heterocycles. The first-order chi connectivity index (χ1) is 13.4. The largest absolute Gasteiger partial charge is 0.326 e. The van der Waals surface area contributed by atoms with Crippen molar-refractivity contribution < 1.29 is 18.0 Å². The first-order valence-corrected chi connectivity index (χ1v) is 10.6. The predicted octanol–water partition coefficient (Wildman–Crippen LogP) is 1.37. The van der Waals surface area contributed by atoms with Crippen LogP contribution in [-0.2, 0) is 21.2 Å². The number of nitrogens with one attached hydrogen (secondary N) is 1. The number of amides is 1. The van der Waals surface area contributed by atoms with E-state index in [0.717, 1.165) is 0 Å². The van der Waals surface area contributed by atoms with E-state index in [1.807, 2.05) is 23.1 Å². The Morgan fingerprint density at radius 2 is 1.71 bits per heavy atom. The van der Waals surface area contributed by atoms with Gasteiger partial charge in [-0.2, -0.15) is 4.31 Å². The summed E-state index contributed by atoms with van der Waals surface area (Å²) in [6.45, 7) is 1.95. The summed E-state index contributed by atoms with van der Waals surface area (Å²) < 4.78 is 27.4. The van der Waals surface area contributed by atoms with Crippen LogP contribution < -0.4 is 5.32 Å². The second-order valence-electron chi connectivity index (χ2n) is 7.01. The lowest BCUT2D eigenvalue weighted by Crippen LogP contribution is -2.49. The number of carbonyl (C=O) groups is 2. The van der Waals surface area contributed by atoms with Gasteiger partial charge in [0.25, 0.3) is 0 Å². The number of sulfonamides is 1. The Labute approximate surface area is 164 Å². The van der Waals surface area contributed by atoms with E-state index >= 15 is 0 Å². The molecule has 0 aliphatic carbocycles. The Hall–Kier alpha value is -2.55. The van der Waals surface area contributed by atoms with Gasteiger partial charge in [0, 0.05) is 37.4 Å². The van der Waals surface area contributed by atoms with E-state index in [1.165, 1.54) is 10.4 Å². The number of Topliss-reactive ketones (excluding diaryl/α,β-unsaturated/α-hetero) is 1. The van der Waals surface area contributed by atoms with Crippen LogP contribution in [0.1, 0.15) is 15.9 Å². The molecule has 1 amide bonds. The predicted molar refractivity (Wildman–Crippen MR) is 105 cm³/mol. The Bertz CT molecular complexity index is 1010. The maximum atomic E-state index is 13.0. The highest BCUT2D eigenvalue weighted by atomic mass is 32.2. The molecule has 146 valence electrons. The molecular formula is C20H21N3O4S. The van der Waals surface area contributed by atoms with Crippen LogP contribution in [0, 0.1) is 0 Å². The molecule has 2 aliphatic rings. The van der Waals surface area contributed by atoms with Gasteiger partial charge in [0.05, 0.1) is 17.9 Å². The molecule has 2 aliphatic heterocycles. The van der Waals surface area contributed by atoms with E-state index < -0.39 is 10.0 Å². The second-order valence-corrected chi connectivity index (χ2v) is 8.95. The van der Waals surface area contributed by atoms with Gasteiger partial charge in [-0.15, -0.1) is 0 Å². The average molecular weight is 399 g/mol. The number of anilines is 1. The maximum Gasteiger partial charge on any atom is 0.243 e. The van der Waals surface area contributed by atoms with Crippen LogP contribution in [0.4, 0.5) is 5.69 Å². The van der Waals surface area contributed by atoms with Crippen LogP contribution in [0.25, 0.3) is 0 Å². The van der Waals surface area contributed by atoms with Crippen molar-refractivity contribution in [1.82, 2.24) is 9.21 Å². The number of carbonyl (C=O) groups excluding carboxylic acids is 2. The van der Waals surface area contributed by atoms with Gasteiger partial charge in [-0.1, -0.05) is 30.3 Å². The summed E-state index contributed by atoms with van der Waals surface area (Å²) in [5.74, 6) is -0.0889. The summed E-state index contributed by atoms with van der Waals surface area (Å²) in [5.41, 5.74) is 2.05. The number of rotatable bonds is 5. The molecule has 0 spiro atoms. The van der Waals surface area contributed by atoms with Crippen molar-refractivity contribution >= 4 is 27.4 Å². The first-order valence-electron chi connectivity index (χ1n) is 9.17. The van der Waals surface area contributed by atoms with Crippen molar-refractivity contribution in [3.8, 4) is 0 Å². The maximum absolute atomic E-state index is 13.0. The normalized spacial score (nSPS) is 17.9. The zero-order valence-electron chi connectivity index (χ0n) is 15.3. The summed E-state index contributed by atoms with van der Waals surface area (Å²) >= 11 is 0. The zero-order valence-corrected chi connectivity index (χ0v) is 16.1. The fraction of sp³-hybridized carbons (Fsp3) is 0.300. The van der Waals surface area contributed by atoms with Gasteiger partial charge in [-0.3, -0.25) is 14.5 Å². The first kappa shape index (κ1) is 18.8. The van der Waals surface area contributed by atoms with Crippen LogP contribution in [0.2, 0.25) is 0 Å². The number of hydrogen-bond donors (Lipinski definition) is 1. The monoisotopic (exact) mass is 399 g/mol. The van der Waals surface area contributed by atoms with Gasteiger partial charge >= 0.3 is 0 Å². The molecule has 1 fully saturated rings. The molecule has 7 nitrogen and oxygen atoms in total. The minimum atomic E-state index is -3.62. The summed E-state index contributed by atoms with van der Waals surface area (Å²) in [7, 11) is -3.62. The van der Waals surface area contributed by atoms with Crippen molar-refractivity contribution in [1.29, 1.82) is 0 Å². The van der Waals surface area contributed by atoms with Gasteiger partial charge in [-0.05, 0) is 23.8 Å². The molecule has 28 heavy (non-hydrogen) atoms. The van der Waals surface area contributed by atoms with Gasteiger partial charge in [0.2, 0.25) is 15.9 Å². The van der Waals surface area contributed by atoms with Gasteiger partial charge < -0.3 is 5.32 Å². The molecule has 0 radical (unpaired) electrons. The molecule has 2 aromatic rings. The van der Waals surface area contributed by atoms with Crippen molar-refractivity contribution in [2.24, 2.45) is 0 Å². The van der Waals surface area contributed by atoms with Gasteiger partial charge in [0.1, 0.15) is 0 Å². The lowest BCUT2D eigenvalue weighted by Gasteiger charge is -2.33. The third-order valence-electron chi connectivity index (χ3n) is 5.13. The van der Waals surface area contributed by atoms with E-state index in [0.29, 0.717) is 43.0 Å². The van der Waals surface area contributed by atoms with Crippen LogP contribution in [0.5, 0.6) is 0 Å². The SMILES string of the molecule is O=C1Cc2cc(S(=O)(=O)N3CCN(CC(=O)c4ccccc4)CC3)ccc2N1. The fourth-order valence-electron chi connectivity index (χ4n) is 3.56. The van der Waals surface area contributed by atoms with E-state index in [2.05, 4.69) is 5.32 Å². The fourth-order valence-corrected chi connectivity index (χ4v) is 5.03.